The van der Waals surface area contributed by atoms with E-state index in [0.29, 0.717) is 5.52 Å². The van der Waals surface area contributed by atoms with Crippen molar-refractivity contribution in [2.45, 2.75) is 95.0 Å². The van der Waals surface area contributed by atoms with Gasteiger partial charge < -0.3 is 35.3 Å². The molecule has 1 aromatic carbocycles. The molecule has 1 aliphatic heterocycles. The molecular weight excluding hydrogens is 657 g/mol. The molecular formula is C32H42N7O9P. The largest absolute Gasteiger partial charge is 0.461 e. The number of carbonyl (C=O) groups excluding carboxylic acids is 2. The zero-order valence-electron chi connectivity index (χ0n) is 27.5. The molecule has 6 N–H and O–H groups in total. The second-order valence-corrected chi connectivity index (χ2v) is 14.3. The first-order valence-corrected chi connectivity index (χ1v) is 17.7. The summed E-state index contributed by atoms with van der Waals surface area (Å²) in [4.78, 5) is 29.7. The van der Waals surface area contributed by atoms with Crippen LogP contribution in [-0.2, 0) is 28.2 Å². The molecule has 0 radical (unpaired) electrons. The number of aliphatic hydroxyl groups excluding tert-OH is 2. The first kappa shape index (κ1) is 36.3. The monoisotopic (exact) mass is 699 g/mol. The van der Waals surface area contributed by atoms with E-state index >= 15 is 0 Å². The second kappa shape index (κ2) is 15.3. The summed E-state index contributed by atoms with van der Waals surface area (Å²) >= 11 is 0. The number of benzene rings is 1. The highest BCUT2D eigenvalue weighted by Crippen LogP contribution is 2.48. The molecule has 1 unspecified atom stereocenters. The van der Waals surface area contributed by atoms with Crippen LogP contribution in [0.4, 0.5) is 5.82 Å². The van der Waals surface area contributed by atoms with Crippen LogP contribution in [0.3, 0.4) is 0 Å². The third kappa shape index (κ3) is 8.11. The molecule has 17 heteroatoms. The maximum Gasteiger partial charge on any atom is 0.459 e. The van der Waals surface area contributed by atoms with Crippen molar-refractivity contribution in [1.82, 2.24) is 19.7 Å². The van der Waals surface area contributed by atoms with Gasteiger partial charge in [0.1, 0.15) is 60.7 Å². The lowest BCUT2D eigenvalue weighted by molar-refractivity contribution is -0.152. The molecule has 3 aromatic rings. The summed E-state index contributed by atoms with van der Waals surface area (Å²) in [6, 6.07) is 11.1. The van der Waals surface area contributed by atoms with Crippen molar-refractivity contribution < 1.29 is 42.9 Å². The van der Waals surface area contributed by atoms with Crippen molar-refractivity contribution in [2.75, 3.05) is 11.9 Å². The zero-order chi connectivity index (χ0) is 35.3. The summed E-state index contributed by atoms with van der Waals surface area (Å²) in [5, 5.41) is 42.0. The molecule has 264 valence electrons. The molecule has 2 fully saturated rings. The second-order valence-electron chi connectivity index (χ2n) is 12.6. The number of amides is 1. The fraction of sp³-hybridized carbons (Fsp3) is 0.531. The highest BCUT2D eigenvalue weighted by atomic mass is 31.2. The molecule has 1 amide bonds. The average Bonchev–Trinajstić information content (AvgIpc) is 3.63. The van der Waals surface area contributed by atoms with E-state index < -0.39 is 62.2 Å². The first-order valence-electron chi connectivity index (χ1n) is 16.2. The van der Waals surface area contributed by atoms with Crippen LogP contribution in [-0.4, -0.2) is 79.3 Å². The van der Waals surface area contributed by atoms with E-state index in [4.69, 9.17) is 24.3 Å². The fourth-order valence-corrected chi connectivity index (χ4v) is 7.21. The number of nitrogens with two attached hydrogens (primary N) is 1. The number of aliphatic hydroxyl groups is 2. The van der Waals surface area contributed by atoms with Crippen LogP contribution in [0.5, 0.6) is 5.75 Å². The summed E-state index contributed by atoms with van der Waals surface area (Å²) in [6.07, 6.45) is 0.515. The Morgan fingerprint density at radius 1 is 1.16 bits per heavy atom. The van der Waals surface area contributed by atoms with E-state index in [9.17, 15) is 29.6 Å². The van der Waals surface area contributed by atoms with Crippen LogP contribution in [0.15, 0.2) is 48.8 Å². The van der Waals surface area contributed by atoms with Gasteiger partial charge in [-0.05, 0) is 62.8 Å². The van der Waals surface area contributed by atoms with Gasteiger partial charge in [0.25, 0.3) is 0 Å². The lowest BCUT2D eigenvalue weighted by Gasteiger charge is -2.29. The molecule has 2 aromatic heterocycles. The lowest BCUT2D eigenvalue weighted by Crippen LogP contribution is -2.46. The molecule has 5 rings (SSSR count). The van der Waals surface area contributed by atoms with Gasteiger partial charge in [-0.2, -0.15) is 15.4 Å². The van der Waals surface area contributed by atoms with Crippen LogP contribution in [0, 0.1) is 17.2 Å². The Bertz CT molecular complexity index is 1710. The van der Waals surface area contributed by atoms with Crippen molar-refractivity contribution >= 4 is 31.0 Å². The van der Waals surface area contributed by atoms with E-state index in [1.807, 2.05) is 6.07 Å². The fourth-order valence-electron chi connectivity index (χ4n) is 5.69. The van der Waals surface area contributed by atoms with Gasteiger partial charge in [0.15, 0.2) is 5.82 Å². The number of nitriles is 1. The molecule has 3 heterocycles. The van der Waals surface area contributed by atoms with Crippen molar-refractivity contribution in [3.63, 3.8) is 0 Å². The molecule has 49 heavy (non-hydrogen) atoms. The summed E-state index contributed by atoms with van der Waals surface area (Å²) in [6.45, 7) is 4.22. The molecule has 7 atom stereocenters. The minimum Gasteiger partial charge on any atom is -0.461 e. The number of nitrogens with one attached hydrogen (secondary N) is 2. The van der Waals surface area contributed by atoms with Gasteiger partial charge in [-0.3, -0.25) is 14.1 Å². The number of carbonyl (C=O) groups is 2. The van der Waals surface area contributed by atoms with Crippen molar-refractivity contribution in [2.24, 2.45) is 11.7 Å². The first-order chi connectivity index (χ1) is 23.4. The average molecular weight is 700 g/mol. The van der Waals surface area contributed by atoms with E-state index in [0.717, 1.165) is 32.1 Å². The molecule has 1 saturated heterocycles. The number of anilines is 1. The molecule has 1 saturated carbocycles. The SMILES string of the molecule is CC(C)[C@H](N)C(=O)Nc1ncnn2c([C@@H]3O[C@](C#N)(COP(=O)(N[C@@H](C)C(=O)OC4CCCCC4)Oc4ccccc4)[C@@H](O)[C@H]3O)ccc12. The third-order valence-corrected chi connectivity index (χ3v) is 10.3. The minimum atomic E-state index is -4.46. The van der Waals surface area contributed by atoms with Gasteiger partial charge in [0.05, 0.1) is 11.7 Å². The van der Waals surface area contributed by atoms with Crippen molar-refractivity contribution in [3.8, 4) is 11.8 Å². The summed E-state index contributed by atoms with van der Waals surface area (Å²) in [5.74, 6) is -0.962. The van der Waals surface area contributed by atoms with Crippen molar-refractivity contribution in [1.29, 1.82) is 5.26 Å². The van der Waals surface area contributed by atoms with Crippen LogP contribution in [0.2, 0.25) is 0 Å². The Morgan fingerprint density at radius 2 is 1.88 bits per heavy atom. The summed E-state index contributed by atoms with van der Waals surface area (Å²) < 4.78 is 38.5. The number of hydrogen-bond acceptors (Lipinski definition) is 13. The predicted molar refractivity (Wildman–Crippen MR) is 175 cm³/mol. The molecule has 0 spiro atoms. The molecule has 1 aliphatic carbocycles. The van der Waals surface area contributed by atoms with Gasteiger partial charge in [-0.15, -0.1) is 0 Å². The highest BCUT2D eigenvalue weighted by Gasteiger charge is 2.57. The van der Waals surface area contributed by atoms with Gasteiger partial charge in [-0.1, -0.05) is 38.5 Å². The standard InChI is InChI=1S/C32H42N7O9P/c1-19(2)25(34)30(42)37-29-24-15-14-23(39(24)36-18-35-29)27-26(40)28(41)32(16-33,47-27)17-45-49(44,48-22-12-8-5-9-13-22)38-20(3)31(43)46-21-10-6-4-7-11-21/h5,8-9,12-15,18-21,25-28,40-41H,4,6-7,10-11,17,34H2,1-3H3,(H,38,44)(H,35,36,37,42)/t20-,25-,26-,27-,28-,32+,49?/m0/s1. The Balaban J connectivity index is 1.35. The number of aromatic nitrogens is 3. The predicted octanol–water partition coefficient (Wildman–Crippen LogP) is 2.76. The van der Waals surface area contributed by atoms with E-state index in [-0.39, 0.29) is 29.3 Å². The van der Waals surface area contributed by atoms with E-state index in [1.54, 1.807) is 38.1 Å². The van der Waals surface area contributed by atoms with Gasteiger partial charge in [-0.25, -0.2) is 14.1 Å². The third-order valence-electron chi connectivity index (χ3n) is 8.63. The highest BCUT2D eigenvalue weighted by molar-refractivity contribution is 7.52. The maximum atomic E-state index is 14.2. The minimum absolute atomic E-state index is 0.132. The van der Waals surface area contributed by atoms with Crippen LogP contribution < -0.4 is 20.7 Å². The van der Waals surface area contributed by atoms with Gasteiger partial charge in [0.2, 0.25) is 11.5 Å². The molecule has 2 aliphatic rings. The molecule has 16 nitrogen and oxygen atoms in total. The number of ether oxygens (including phenoxy) is 2. The number of para-hydroxylation sites is 1. The van der Waals surface area contributed by atoms with Crippen LogP contribution in [0.1, 0.15) is 64.7 Å². The van der Waals surface area contributed by atoms with Crippen molar-refractivity contribution in [3.05, 3.63) is 54.5 Å². The Morgan fingerprint density at radius 3 is 2.55 bits per heavy atom. The quantitative estimate of drug-likeness (QED) is 0.128. The number of nitrogens with zero attached hydrogens (tertiary/aromatic N) is 4. The van der Waals surface area contributed by atoms with Gasteiger partial charge >= 0.3 is 13.7 Å². The normalized spacial score (nSPS) is 25.3. The lowest BCUT2D eigenvalue weighted by atomic mass is 9.96. The number of fused-ring (bicyclic) bond motifs is 1. The smallest absolute Gasteiger partial charge is 0.459 e. The van der Waals surface area contributed by atoms with Gasteiger partial charge in [0, 0.05) is 0 Å². The maximum absolute atomic E-state index is 14.2. The number of rotatable bonds is 13. The van der Waals surface area contributed by atoms with Crippen LogP contribution >= 0.6 is 7.75 Å². The Kier molecular flexibility index (Phi) is 11.4. The Labute approximate surface area is 283 Å². The Hall–Kier alpha value is -3.94. The zero-order valence-corrected chi connectivity index (χ0v) is 28.4. The van der Waals surface area contributed by atoms with E-state index in [1.165, 1.54) is 36.0 Å². The number of esters is 1. The topological polar surface area (TPSA) is 233 Å². The molecule has 0 bridgehead atoms. The van der Waals surface area contributed by atoms with E-state index in [2.05, 4.69) is 20.5 Å². The summed E-state index contributed by atoms with van der Waals surface area (Å²) in [7, 11) is -4.46. The van der Waals surface area contributed by atoms with Crippen LogP contribution in [0.25, 0.3) is 5.52 Å². The number of hydrogen-bond donors (Lipinski definition) is 5. The summed E-state index contributed by atoms with van der Waals surface area (Å²) in [5.41, 5.74) is 4.27.